The van der Waals surface area contributed by atoms with Crippen LogP contribution in [-0.4, -0.2) is 38.2 Å². The van der Waals surface area contributed by atoms with Gasteiger partial charge in [0, 0.05) is 6.20 Å². The molecule has 13 heteroatoms. The maximum atomic E-state index is 12.3. The topological polar surface area (TPSA) is 155 Å². The minimum absolute atomic E-state index is 0.00960. The van der Waals surface area contributed by atoms with Crippen molar-refractivity contribution in [3.8, 4) is 23.0 Å². The highest BCUT2D eigenvalue weighted by Gasteiger charge is 2.36. The van der Waals surface area contributed by atoms with Gasteiger partial charge in [0.1, 0.15) is 5.82 Å². The molecule has 0 radical (unpaired) electrons. The Bertz CT molecular complexity index is 834. The van der Waals surface area contributed by atoms with E-state index in [0.29, 0.717) is 5.02 Å². The predicted molar refractivity (Wildman–Crippen MR) is 99.8 cm³/mol. The number of carbonyl (C=O) groups is 1. The molecule has 0 atom stereocenters. The van der Waals surface area contributed by atoms with Gasteiger partial charge in [-0.3, -0.25) is 14.9 Å². The van der Waals surface area contributed by atoms with Crippen LogP contribution in [0.2, 0.25) is 5.02 Å². The summed E-state index contributed by atoms with van der Waals surface area (Å²) in [4.78, 5) is 26.0. The van der Waals surface area contributed by atoms with Gasteiger partial charge in [0.15, 0.2) is 11.3 Å². The van der Waals surface area contributed by atoms with Crippen LogP contribution in [0.4, 0.5) is 11.5 Å². The number of amides is 1. The Labute approximate surface area is 161 Å². The molecule has 0 aliphatic carbocycles. The van der Waals surface area contributed by atoms with E-state index in [1.165, 1.54) is 18.3 Å². The lowest BCUT2D eigenvalue weighted by molar-refractivity contribution is -0.386. The highest BCUT2D eigenvalue weighted by atomic mass is 35.5. The summed E-state index contributed by atoms with van der Waals surface area (Å²) in [5.41, 5.74) is -2.08. The van der Waals surface area contributed by atoms with Crippen molar-refractivity contribution in [1.82, 2.24) is 4.98 Å². The normalized spacial score (nSPS) is 9.69. The van der Waals surface area contributed by atoms with Crippen molar-refractivity contribution >= 4 is 52.3 Å². The number of pyridine rings is 1. The maximum absolute atomic E-state index is 12.3. The number of thiol groups is 2. The third kappa shape index (κ3) is 4.33. The summed E-state index contributed by atoms with van der Waals surface area (Å²) in [6, 6.07) is 2.73. The van der Waals surface area contributed by atoms with E-state index in [4.69, 9.17) is 11.6 Å². The van der Waals surface area contributed by atoms with Gasteiger partial charge in [-0.05, 0) is 12.1 Å². The van der Waals surface area contributed by atoms with Crippen LogP contribution >= 0.6 is 34.9 Å². The summed E-state index contributed by atoms with van der Waals surface area (Å²) in [5, 5.41) is 43.0. The number of rotatable bonds is 4. The molecule has 26 heavy (non-hydrogen) atoms. The molecule has 0 aliphatic rings. The van der Waals surface area contributed by atoms with E-state index in [-0.39, 0.29) is 5.82 Å². The third-order valence-electron chi connectivity index (χ3n) is 2.94. The van der Waals surface area contributed by atoms with Crippen molar-refractivity contribution in [2.75, 3.05) is 12.4 Å². The van der Waals surface area contributed by atoms with Crippen molar-refractivity contribution in [3.63, 3.8) is 0 Å². The number of hydrogen-bond donors (Lipinski definition) is 6. The molecule has 1 aromatic carbocycles. The smallest absolute Gasteiger partial charge is 0.331 e. The number of ether oxygens (including phenoxy) is 1. The van der Waals surface area contributed by atoms with E-state index in [0.717, 1.165) is 7.11 Å². The number of methoxy groups -OCH3 is 1. The summed E-state index contributed by atoms with van der Waals surface area (Å²) < 4.78 is 4.65. The third-order valence-corrected chi connectivity index (χ3v) is 3.16. The molecule has 0 aliphatic heterocycles. The fourth-order valence-corrected chi connectivity index (χ4v) is 2.00. The first kappa shape index (κ1) is 21.5. The molecule has 10 nitrogen and oxygen atoms in total. The van der Waals surface area contributed by atoms with Crippen LogP contribution in [0.25, 0.3) is 0 Å². The van der Waals surface area contributed by atoms with Crippen LogP contribution in [0.1, 0.15) is 10.4 Å². The van der Waals surface area contributed by atoms with Gasteiger partial charge in [-0.2, -0.15) is 0 Å². The molecule has 1 aromatic heterocycles. The lowest BCUT2D eigenvalue weighted by Crippen LogP contribution is -2.15. The number of nitro groups is 1. The standard InChI is InChI=1S/C13H10ClN3O7.H2S2/c1-24-12-9(18)7(8(17(22)23)10(19)11(12)20)13(21)16-6-3-2-5(14)4-15-6;1-2/h2-4,18-20H,1H3,(H,15,16,21);1-2H. The number of carbonyl (C=O) groups excluding carboxylic acids is 1. The quantitative estimate of drug-likeness (QED) is 0.110. The number of hydrogen-bond acceptors (Lipinski definition) is 10. The summed E-state index contributed by atoms with van der Waals surface area (Å²) in [7, 11) is 1.03. The Balaban J connectivity index is 0.00000163. The SMILES string of the molecule is COc1c(O)c(O)c([N+](=O)[O-])c(C(=O)Nc2ccc(Cl)cn2)c1O.SS. The fraction of sp³-hybridized carbons (Fsp3) is 0.0769. The van der Waals surface area contributed by atoms with E-state index >= 15 is 0 Å². The Hall–Kier alpha value is -2.57. The van der Waals surface area contributed by atoms with Crippen LogP contribution in [-0.2, 0) is 0 Å². The summed E-state index contributed by atoms with van der Waals surface area (Å²) in [5.74, 6) is -5.14. The molecule has 0 spiro atoms. The molecule has 2 aromatic rings. The molecular formula is C13H12ClN3O7S2. The summed E-state index contributed by atoms with van der Waals surface area (Å²) >= 11 is 12.1. The van der Waals surface area contributed by atoms with Crippen LogP contribution in [0.5, 0.6) is 23.0 Å². The molecule has 4 N–H and O–H groups in total. The second-order valence-corrected chi connectivity index (χ2v) is 4.81. The van der Waals surface area contributed by atoms with Crippen LogP contribution in [0.15, 0.2) is 18.3 Å². The molecule has 0 saturated carbocycles. The Morgan fingerprint density at radius 2 is 1.88 bits per heavy atom. The van der Waals surface area contributed by atoms with Crippen molar-refractivity contribution in [1.29, 1.82) is 0 Å². The number of benzene rings is 1. The zero-order chi connectivity index (χ0) is 20.0. The van der Waals surface area contributed by atoms with Gasteiger partial charge in [-0.1, -0.05) is 11.6 Å². The minimum atomic E-state index is -1.22. The van der Waals surface area contributed by atoms with Crippen LogP contribution in [0.3, 0.4) is 0 Å². The molecule has 0 unspecified atom stereocenters. The van der Waals surface area contributed by atoms with Gasteiger partial charge < -0.3 is 25.4 Å². The number of nitrogens with zero attached hydrogens (tertiary/aromatic N) is 2. The second-order valence-electron chi connectivity index (χ2n) is 4.38. The van der Waals surface area contributed by atoms with Crippen molar-refractivity contribution in [3.05, 3.63) is 39.0 Å². The van der Waals surface area contributed by atoms with Gasteiger partial charge >= 0.3 is 5.69 Å². The van der Waals surface area contributed by atoms with Crippen LogP contribution in [0, 0.1) is 10.1 Å². The predicted octanol–water partition coefficient (Wildman–Crippen LogP) is 2.78. The van der Waals surface area contributed by atoms with Gasteiger partial charge in [-0.25, -0.2) is 4.98 Å². The number of anilines is 1. The molecule has 2 rings (SSSR count). The average Bonchev–Trinajstić information content (AvgIpc) is 2.61. The molecule has 0 bridgehead atoms. The lowest BCUT2D eigenvalue weighted by atomic mass is 10.1. The highest BCUT2D eigenvalue weighted by Crippen LogP contribution is 2.51. The molecular weight excluding hydrogens is 410 g/mol. The first-order valence-electron chi connectivity index (χ1n) is 6.40. The van der Waals surface area contributed by atoms with E-state index in [1.807, 2.05) is 0 Å². The van der Waals surface area contributed by atoms with Crippen molar-refractivity contribution in [2.45, 2.75) is 0 Å². The summed E-state index contributed by atoms with van der Waals surface area (Å²) in [6.45, 7) is 0. The maximum Gasteiger partial charge on any atom is 0.331 e. The highest BCUT2D eigenvalue weighted by molar-refractivity contribution is 8.59. The number of phenolic OH excluding ortho intramolecular Hbond substituents is 3. The lowest BCUT2D eigenvalue weighted by Gasteiger charge is -2.12. The first-order chi connectivity index (χ1) is 12.3. The number of nitrogens with one attached hydrogen (secondary N) is 1. The molecule has 1 heterocycles. The van der Waals surface area contributed by atoms with Crippen LogP contribution < -0.4 is 10.1 Å². The zero-order valence-electron chi connectivity index (χ0n) is 12.9. The minimum Gasteiger partial charge on any atom is -0.503 e. The average molecular weight is 422 g/mol. The van der Waals surface area contributed by atoms with Gasteiger partial charge in [0.05, 0.1) is 17.1 Å². The van der Waals surface area contributed by atoms with E-state index in [2.05, 4.69) is 38.4 Å². The monoisotopic (exact) mass is 421 g/mol. The Morgan fingerprint density at radius 3 is 2.35 bits per heavy atom. The second kappa shape index (κ2) is 9.22. The Morgan fingerprint density at radius 1 is 1.27 bits per heavy atom. The van der Waals surface area contributed by atoms with Gasteiger partial charge in [0.2, 0.25) is 17.2 Å². The van der Waals surface area contributed by atoms with E-state index in [1.54, 1.807) is 0 Å². The number of halogens is 1. The molecule has 140 valence electrons. The summed E-state index contributed by atoms with van der Waals surface area (Å²) in [6.07, 6.45) is 1.22. The van der Waals surface area contributed by atoms with E-state index in [9.17, 15) is 30.2 Å². The molecule has 0 saturated heterocycles. The molecule has 1 amide bonds. The fourth-order valence-electron chi connectivity index (χ4n) is 1.89. The van der Waals surface area contributed by atoms with Crippen molar-refractivity contribution in [2.24, 2.45) is 0 Å². The van der Waals surface area contributed by atoms with Crippen molar-refractivity contribution < 1.29 is 29.8 Å². The van der Waals surface area contributed by atoms with E-state index < -0.39 is 45.1 Å². The largest absolute Gasteiger partial charge is 0.503 e. The van der Waals surface area contributed by atoms with Gasteiger partial charge in [-0.15, -0.1) is 23.3 Å². The zero-order valence-corrected chi connectivity index (χ0v) is 15.4. The number of aromatic hydroxyl groups is 3. The number of aromatic nitrogens is 1. The first-order valence-corrected chi connectivity index (χ1v) is 8.37. The number of nitro benzene ring substituents is 1. The number of phenols is 3. The Kier molecular flexibility index (Phi) is 7.61. The molecule has 0 fully saturated rings. The van der Waals surface area contributed by atoms with Gasteiger partial charge in [0.25, 0.3) is 5.91 Å².